The van der Waals surface area contributed by atoms with Gasteiger partial charge in [-0.05, 0) is 45.4 Å². The van der Waals surface area contributed by atoms with Crippen molar-refractivity contribution in [2.45, 2.75) is 33.3 Å². The summed E-state index contributed by atoms with van der Waals surface area (Å²) in [5.41, 5.74) is -0.524. The average Bonchev–Trinajstić information content (AvgIpc) is 2.83. The molecule has 5 nitrogen and oxygen atoms in total. The molecule has 0 aliphatic carbocycles. The second-order valence-corrected chi connectivity index (χ2v) is 6.59. The van der Waals surface area contributed by atoms with E-state index < -0.39 is 11.4 Å². The van der Waals surface area contributed by atoms with Crippen molar-refractivity contribution >= 4 is 23.5 Å². The van der Waals surface area contributed by atoms with E-state index in [0.29, 0.717) is 29.3 Å². The summed E-state index contributed by atoms with van der Waals surface area (Å²) in [5, 5.41) is 9.72. The molecule has 0 aromatic heterocycles. The number of benzene rings is 1. The molecule has 2 rings (SSSR count). The van der Waals surface area contributed by atoms with Crippen LogP contribution < -0.4 is 4.74 Å². The van der Waals surface area contributed by atoms with Gasteiger partial charge in [-0.2, -0.15) is 0 Å². The first-order chi connectivity index (χ1) is 10.2. The minimum Gasteiger partial charge on any atom is -0.490 e. The van der Waals surface area contributed by atoms with Crippen LogP contribution in [0.1, 0.15) is 37.6 Å². The molecular weight excluding hydrogens is 306 g/mol. The fourth-order valence-electron chi connectivity index (χ4n) is 2.51. The minimum absolute atomic E-state index is 0.0735. The molecule has 0 radical (unpaired) electrons. The van der Waals surface area contributed by atoms with E-state index in [1.165, 1.54) is 0 Å². The van der Waals surface area contributed by atoms with E-state index in [0.717, 1.165) is 0 Å². The molecule has 1 N–H and O–H groups in total. The molecule has 1 amide bonds. The van der Waals surface area contributed by atoms with Gasteiger partial charge in [0, 0.05) is 18.1 Å². The van der Waals surface area contributed by atoms with Crippen molar-refractivity contribution in [2.75, 3.05) is 13.1 Å². The van der Waals surface area contributed by atoms with E-state index in [4.69, 9.17) is 16.3 Å². The summed E-state index contributed by atoms with van der Waals surface area (Å²) in [6.45, 7) is 6.01. The summed E-state index contributed by atoms with van der Waals surface area (Å²) in [6.07, 6.45) is 0.366. The molecule has 1 heterocycles. The van der Waals surface area contributed by atoms with E-state index >= 15 is 0 Å². The largest absolute Gasteiger partial charge is 0.490 e. The number of halogens is 1. The maximum absolute atomic E-state index is 12.7. The quantitative estimate of drug-likeness (QED) is 0.924. The van der Waals surface area contributed by atoms with Gasteiger partial charge in [-0.25, -0.2) is 0 Å². The first-order valence-electron chi connectivity index (χ1n) is 7.22. The number of likely N-dealkylation sites (tertiary alicyclic amines) is 1. The fraction of sp³-hybridized carbons (Fsp3) is 0.500. The number of nitrogens with zero attached hydrogens (tertiary/aromatic N) is 1. The molecule has 1 atom stereocenters. The van der Waals surface area contributed by atoms with Crippen molar-refractivity contribution in [1.29, 1.82) is 0 Å². The van der Waals surface area contributed by atoms with Crippen molar-refractivity contribution in [3.8, 4) is 5.75 Å². The molecule has 1 aliphatic heterocycles. The second kappa shape index (κ2) is 6.16. The Morgan fingerprint density at radius 2 is 2.09 bits per heavy atom. The third kappa shape index (κ3) is 3.35. The lowest BCUT2D eigenvalue weighted by atomic mass is 9.90. The van der Waals surface area contributed by atoms with Crippen molar-refractivity contribution < 1.29 is 19.4 Å². The van der Waals surface area contributed by atoms with E-state index in [9.17, 15) is 14.7 Å². The zero-order valence-electron chi connectivity index (χ0n) is 12.9. The summed E-state index contributed by atoms with van der Waals surface area (Å²) in [5.74, 6) is -0.663. The number of hydrogen-bond donors (Lipinski definition) is 1. The molecule has 22 heavy (non-hydrogen) atoms. The molecule has 0 spiro atoms. The van der Waals surface area contributed by atoms with Gasteiger partial charge in [0.1, 0.15) is 5.75 Å². The first kappa shape index (κ1) is 16.6. The van der Waals surface area contributed by atoms with Gasteiger partial charge >= 0.3 is 5.97 Å². The number of carbonyl (C=O) groups excluding carboxylic acids is 1. The lowest BCUT2D eigenvalue weighted by Gasteiger charge is -2.22. The highest BCUT2D eigenvalue weighted by Crippen LogP contribution is 2.33. The van der Waals surface area contributed by atoms with Crippen molar-refractivity contribution in [3.05, 3.63) is 28.8 Å². The van der Waals surface area contributed by atoms with Crippen LogP contribution in [0, 0.1) is 5.41 Å². The Kier molecular flexibility index (Phi) is 4.66. The zero-order chi connectivity index (χ0) is 16.5. The maximum Gasteiger partial charge on any atom is 0.311 e. The normalized spacial score (nSPS) is 21.2. The average molecular weight is 326 g/mol. The molecule has 0 bridgehead atoms. The summed E-state index contributed by atoms with van der Waals surface area (Å²) < 4.78 is 5.66. The van der Waals surface area contributed by atoms with Gasteiger partial charge in [0.25, 0.3) is 5.91 Å². The number of ether oxygens (including phenoxy) is 1. The molecule has 1 saturated heterocycles. The summed E-state index contributed by atoms with van der Waals surface area (Å²) in [6, 6.07) is 4.90. The number of carboxylic acids is 1. The fourth-order valence-corrected chi connectivity index (χ4v) is 2.68. The van der Waals surface area contributed by atoms with Crippen molar-refractivity contribution in [2.24, 2.45) is 5.41 Å². The van der Waals surface area contributed by atoms with Crippen molar-refractivity contribution in [3.63, 3.8) is 0 Å². The van der Waals surface area contributed by atoms with Gasteiger partial charge in [0.15, 0.2) is 0 Å². The molecule has 0 saturated carbocycles. The molecule has 1 aromatic carbocycles. The first-order valence-corrected chi connectivity index (χ1v) is 7.59. The molecule has 6 heteroatoms. The molecule has 1 unspecified atom stereocenters. The van der Waals surface area contributed by atoms with Gasteiger partial charge < -0.3 is 14.7 Å². The van der Waals surface area contributed by atoms with Crippen LogP contribution in [-0.4, -0.2) is 41.1 Å². The molecular formula is C16H20ClNO4. The minimum atomic E-state index is -0.896. The number of rotatable bonds is 4. The summed E-state index contributed by atoms with van der Waals surface area (Å²) in [4.78, 5) is 25.6. The van der Waals surface area contributed by atoms with E-state index in [1.54, 1.807) is 30.0 Å². The molecule has 1 aromatic rings. The number of carbonyl (C=O) groups is 2. The van der Waals surface area contributed by atoms with Gasteiger partial charge in [0.2, 0.25) is 0 Å². The highest BCUT2D eigenvalue weighted by molar-refractivity contribution is 6.31. The van der Waals surface area contributed by atoms with Crippen LogP contribution in [0.3, 0.4) is 0 Å². The van der Waals surface area contributed by atoms with Crippen molar-refractivity contribution in [1.82, 2.24) is 4.90 Å². The standard InChI is InChI=1S/C16H20ClNO4/c1-10(2)22-13-5-4-11(17)8-12(13)14(19)18-7-6-16(3,9-18)15(20)21/h4-5,8,10H,6-7,9H2,1-3H3,(H,20,21). The Morgan fingerprint density at radius 3 is 2.64 bits per heavy atom. The zero-order valence-corrected chi connectivity index (χ0v) is 13.7. The number of amides is 1. The highest BCUT2D eigenvalue weighted by atomic mass is 35.5. The monoisotopic (exact) mass is 325 g/mol. The van der Waals surface area contributed by atoms with Crippen LogP contribution in [0.4, 0.5) is 0 Å². The highest BCUT2D eigenvalue weighted by Gasteiger charge is 2.42. The number of carboxylic acid groups (broad SMARTS) is 1. The molecule has 1 fully saturated rings. The van der Waals surface area contributed by atoms with Gasteiger partial charge in [-0.15, -0.1) is 0 Å². The lowest BCUT2D eigenvalue weighted by Crippen LogP contribution is -2.35. The third-order valence-corrected chi connectivity index (χ3v) is 4.05. The molecule has 1 aliphatic rings. The predicted molar refractivity (Wildman–Crippen MR) is 83.5 cm³/mol. The van der Waals surface area contributed by atoms with E-state index in [-0.39, 0.29) is 18.6 Å². The smallest absolute Gasteiger partial charge is 0.311 e. The van der Waals surface area contributed by atoms with Gasteiger partial charge in [-0.3, -0.25) is 9.59 Å². The van der Waals surface area contributed by atoms with Crippen LogP contribution in [0.15, 0.2) is 18.2 Å². The Hall–Kier alpha value is -1.75. The van der Waals surface area contributed by atoms with Crippen LogP contribution in [0.2, 0.25) is 5.02 Å². The molecule has 120 valence electrons. The van der Waals surface area contributed by atoms with Crippen LogP contribution in [-0.2, 0) is 4.79 Å². The van der Waals surface area contributed by atoms with E-state index in [2.05, 4.69) is 0 Å². The SMILES string of the molecule is CC(C)Oc1ccc(Cl)cc1C(=O)N1CCC(C)(C(=O)O)C1. The van der Waals surface area contributed by atoms with Crippen LogP contribution in [0.25, 0.3) is 0 Å². The maximum atomic E-state index is 12.7. The van der Waals surface area contributed by atoms with E-state index in [1.807, 2.05) is 13.8 Å². The second-order valence-electron chi connectivity index (χ2n) is 6.15. The number of hydrogen-bond acceptors (Lipinski definition) is 3. The Balaban J connectivity index is 2.26. The number of aliphatic carboxylic acids is 1. The van der Waals surface area contributed by atoms with Gasteiger partial charge in [0.05, 0.1) is 17.1 Å². The lowest BCUT2D eigenvalue weighted by molar-refractivity contribution is -0.147. The Labute approximate surface area is 134 Å². The Morgan fingerprint density at radius 1 is 1.41 bits per heavy atom. The topological polar surface area (TPSA) is 66.8 Å². The predicted octanol–water partition coefficient (Wildman–Crippen LogP) is 3.06. The summed E-state index contributed by atoms with van der Waals surface area (Å²) in [7, 11) is 0. The van der Waals surface area contributed by atoms with Crippen LogP contribution in [0.5, 0.6) is 5.75 Å². The summed E-state index contributed by atoms with van der Waals surface area (Å²) >= 11 is 5.99. The van der Waals surface area contributed by atoms with Crippen LogP contribution >= 0.6 is 11.6 Å². The Bertz CT molecular complexity index is 602. The third-order valence-electron chi connectivity index (χ3n) is 3.81. The van der Waals surface area contributed by atoms with Gasteiger partial charge in [-0.1, -0.05) is 11.6 Å².